The highest BCUT2D eigenvalue weighted by molar-refractivity contribution is 9.10. The number of halogens is 1. The van der Waals surface area contributed by atoms with Crippen LogP contribution in [0.15, 0.2) is 22.9 Å². The Morgan fingerprint density at radius 2 is 2.16 bits per heavy atom. The fraction of sp³-hybridized carbons (Fsp3) is 0.600. The molecule has 3 rings (SSSR count). The summed E-state index contributed by atoms with van der Waals surface area (Å²) in [6.07, 6.45) is 9.81. The van der Waals surface area contributed by atoms with Crippen molar-refractivity contribution >= 4 is 21.7 Å². The van der Waals surface area contributed by atoms with Crippen molar-refractivity contribution in [3.05, 3.63) is 28.5 Å². The van der Waals surface area contributed by atoms with Gasteiger partial charge in [-0.25, -0.2) is 0 Å². The van der Waals surface area contributed by atoms with Crippen LogP contribution in [0.5, 0.6) is 0 Å². The summed E-state index contributed by atoms with van der Waals surface area (Å²) in [4.78, 5) is 16.7. The zero-order valence-electron chi connectivity index (χ0n) is 10.9. The van der Waals surface area contributed by atoms with Gasteiger partial charge in [-0.05, 0) is 47.7 Å². The summed E-state index contributed by atoms with van der Waals surface area (Å²) in [5, 5.41) is 0. The molecule has 3 nitrogen and oxygen atoms in total. The van der Waals surface area contributed by atoms with Crippen LogP contribution in [0.3, 0.4) is 0 Å². The first-order valence-corrected chi connectivity index (χ1v) is 7.77. The van der Waals surface area contributed by atoms with Crippen LogP contribution in [0.25, 0.3) is 0 Å². The Hall–Kier alpha value is -0.740. The molecule has 0 N–H and O–H groups in total. The number of hydrogen-bond acceptors (Lipinski definition) is 3. The standard InChI is InChI=1S/C15H18BrNO2/c16-13-7-12(9-17-10-13)14(18)11-3-6-19-15(8-11)4-1-2-5-15/h7,9-11H,1-6,8H2. The van der Waals surface area contributed by atoms with Crippen LogP contribution in [0, 0.1) is 5.92 Å². The van der Waals surface area contributed by atoms with Crippen molar-refractivity contribution in [3.63, 3.8) is 0 Å². The molecule has 1 aliphatic carbocycles. The average molecular weight is 324 g/mol. The van der Waals surface area contributed by atoms with Crippen molar-refractivity contribution < 1.29 is 9.53 Å². The molecular formula is C15H18BrNO2. The normalized spacial score (nSPS) is 25.6. The number of Topliss-reactive ketones (excluding diaryl/α,β-unsaturated/α-hetero) is 1. The summed E-state index contributed by atoms with van der Waals surface area (Å²) in [5.74, 6) is 0.325. The van der Waals surface area contributed by atoms with Gasteiger partial charge < -0.3 is 4.74 Å². The summed E-state index contributed by atoms with van der Waals surface area (Å²) in [6.45, 7) is 0.720. The second-order valence-corrected chi connectivity index (χ2v) is 6.60. The third kappa shape index (κ3) is 2.75. The number of aromatic nitrogens is 1. The number of pyridine rings is 1. The highest BCUT2D eigenvalue weighted by Gasteiger charge is 2.42. The summed E-state index contributed by atoms with van der Waals surface area (Å²) < 4.78 is 6.85. The number of hydrogen-bond donors (Lipinski definition) is 0. The largest absolute Gasteiger partial charge is 0.375 e. The molecule has 1 saturated heterocycles. The molecule has 1 saturated carbocycles. The minimum absolute atomic E-state index is 0.00197. The summed E-state index contributed by atoms with van der Waals surface area (Å²) in [5.41, 5.74) is 0.715. The number of carbonyl (C=O) groups excluding carboxylic acids is 1. The molecule has 1 atom stereocenters. The van der Waals surface area contributed by atoms with Gasteiger partial charge in [-0.1, -0.05) is 12.8 Å². The molecule has 19 heavy (non-hydrogen) atoms. The summed E-state index contributed by atoms with van der Waals surface area (Å²) in [7, 11) is 0. The Morgan fingerprint density at radius 1 is 1.37 bits per heavy atom. The molecule has 2 aliphatic rings. The number of rotatable bonds is 2. The van der Waals surface area contributed by atoms with Gasteiger partial charge in [0.2, 0.25) is 0 Å². The van der Waals surface area contributed by atoms with Crippen LogP contribution in [-0.2, 0) is 4.74 Å². The minimum Gasteiger partial charge on any atom is -0.375 e. The maximum atomic E-state index is 12.6. The highest BCUT2D eigenvalue weighted by atomic mass is 79.9. The Kier molecular flexibility index (Phi) is 3.72. The maximum Gasteiger partial charge on any atom is 0.167 e. The third-order valence-corrected chi connectivity index (χ3v) is 4.80. The van der Waals surface area contributed by atoms with Crippen LogP contribution >= 0.6 is 15.9 Å². The molecule has 2 heterocycles. The van der Waals surface area contributed by atoms with E-state index >= 15 is 0 Å². The highest BCUT2D eigenvalue weighted by Crippen LogP contribution is 2.42. The van der Waals surface area contributed by atoms with Gasteiger partial charge in [-0.3, -0.25) is 9.78 Å². The Morgan fingerprint density at radius 3 is 2.89 bits per heavy atom. The number of carbonyl (C=O) groups is 1. The van der Waals surface area contributed by atoms with Gasteiger partial charge >= 0.3 is 0 Å². The first-order valence-electron chi connectivity index (χ1n) is 6.97. The quantitative estimate of drug-likeness (QED) is 0.778. The minimum atomic E-state index is -0.00197. The van der Waals surface area contributed by atoms with E-state index < -0.39 is 0 Å². The number of nitrogens with zero attached hydrogens (tertiary/aromatic N) is 1. The van der Waals surface area contributed by atoms with Gasteiger partial charge in [0.05, 0.1) is 5.60 Å². The predicted octanol–water partition coefficient (Wildman–Crippen LogP) is 3.77. The van der Waals surface area contributed by atoms with E-state index in [1.807, 2.05) is 6.07 Å². The van der Waals surface area contributed by atoms with Crippen LogP contribution < -0.4 is 0 Å². The lowest BCUT2D eigenvalue weighted by Crippen LogP contribution is -2.39. The lowest BCUT2D eigenvalue weighted by molar-refractivity contribution is -0.0866. The fourth-order valence-electron chi connectivity index (χ4n) is 3.40. The molecule has 0 radical (unpaired) electrons. The van der Waals surface area contributed by atoms with E-state index in [1.54, 1.807) is 12.4 Å². The summed E-state index contributed by atoms with van der Waals surface area (Å²) in [6, 6.07) is 1.87. The monoisotopic (exact) mass is 323 g/mol. The maximum absolute atomic E-state index is 12.6. The molecule has 0 amide bonds. The zero-order valence-corrected chi connectivity index (χ0v) is 12.5. The molecule has 2 fully saturated rings. The molecule has 1 spiro atoms. The van der Waals surface area contributed by atoms with E-state index in [2.05, 4.69) is 20.9 Å². The molecule has 102 valence electrons. The van der Waals surface area contributed by atoms with E-state index in [1.165, 1.54) is 12.8 Å². The Bertz CT molecular complexity index is 483. The Labute approximate surface area is 121 Å². The van der Waals surface area contributed by atoms with Crippen molar-refractivity contribution in [2.24, 2.45) is 5.92 Å². The van der Waals surface area contributed by atoms with E-state index in [9.17, 15) is 4.79 Å². The van der Waals surface area contributed by atoms with Gasteiger partial charge in [-0.15, -0.1) is 0 Å². The van der Waals surface area contributed by atoms with E-state index in [0.717, 1.165) is 42.3 Å². The van der Waals surface area contributed by atoms with Gasteiger partial charge in [-0.2, -0.15) is 0 Å². The van der Waals surface area contributed by atoms with Crippen molar-refractivity contribution in [1.29, 1.82) is 0 Å². The first kappa shape index (κ1) is 13.3. The first-order chi connectivity index (χ1) is 9.19. The molecule has 0 aromatic carbocycles. The molecular weight excluding hydrogens is 306 g/mol. The van der Waals surface area contributed by atoms with Crippen LogP contribution in [0.4, 0.5) is 0 Å². The second-order valence-electron chi connectivity index (χ2n) is 5.68. The van der Waals surface area contributed by atoms with Crippen LogP contribution in [0.2, 0.25) is 0 Å². The van der Waals surface area contributed by atoms with Gasteiger partial charge in [0.15, 0.2) is 5.78 Å². The second kappa shape index (κ2) is 5.33. The van der Waals surface area contributed by atoms with Crippen molar-refractivity contribution in [2.75, 3.05) is 6.61 Å². The smallest absolute Gasteiger partial charge is 0.167 e. The molecule has 1 aromatic rings. The molecule has 4 heteroatoms. The van der Waals surface area contributed by atoms with E-state index in [-0.39, 0.29) is 17.3 Å². The van der Waals surface area contributed by atoms with Gasteiger partial charge in [0.25, 0.3) is 0 Å². The van der Waals surface area contributed by atoms with Crippen molar-refractivity contribution in [3.8, 4) is 0 Å². The fourth-order valence-corrected chi connectivity index (χ4v) is 3.77. The average Bonchev–Trinajstić information content (AvgIpc) is 2.86. The topological polar surface area (TPSA) is 39.2 Å². The molecule has 1 aromatic heterocycles. The number of ether oxygens (including phenoxy) is 1. The molecule has 1 unspecified atom stereocenters. The predicted molar refractivity (Wildman–Crippen MR) is 76.1 cm³/mol. The van der Waals surface area contributed by atoms with Crippen molar-refractivity contribution in [2.45, 2.75) is 44.1 Å². The summed E-state index contributed by atoms with van der Waals surface area (Å²) >= 11 is 3.37. The zero-order chi connectivity index (χ0) is 13.3. The lowest BCUT2D eigenvalue weighted by atomic mass is 9.81. The Balaban J connectivity index is 1.76. The molecule has 1 aliphatic heterocycles. The third-order valence-electron chi connectivity index (χ3n) is 4.37. The molecule has 0 bridgehead atoms. The van der Waals surface area contributed by atoms with Gasteiger partial charge in [0, 0.05) is 35.0 Å². The van der Waals surface area contributed by atoms with Crippen molar-refractivity contribution in [1.82, 2.24) is 4.98 Å². The lowest BCUT2D eigenvalue weighted by Gasteiger charge is -2.37. The van der Waals surface area contributed by atoms with Crippen LogP contribution in [0.1, 0.15) is 48.9 Å². The number of ketones is 1. The SMILES string of the molecule is O=C(c1cncc(Br)c1)C1CCOC2(CCCC2)C1. The van der Waals surface area contributed by atoms with E-state index in [0.29, 0.717) is 0 Å². The van der Waals surface area contributed by atoms with Gasteiger partial charge in [0.1, 0.15) is 0 Å². The van der Waals surface area contributed by atoms with E-state index in [4.69, 9.17) is 4.74 Å². The van der Waals surface area contributed by atoms with Crippen LogP contribution in [-0.4, -0.2) is 23.0 Å².